The summed E-state index contributed by atoms with van der Waals surface area (Å²) in [7, 11) is 4.38. The maximum atomic E-state index is 5.49. The smallest absolute Gasteiger partial charge is 0.0975 e. The summed E-state index contributed by atoms with van der Waals surface area (Å²) in [4.78, 5) is 4.78. The van der Waals surface area contributed by atoms with Gasteiger partial charge in [-0.2, -0.15) is 0 Å². The Balaban J connectivity index is 2.33. The van der Waals surface area contributed by atoms with Crippen LogP contribution >= 0.6 is 12.6 Å². The minimum Gasteiger partial charge on any atom is -0.363 e. The van der Waals surface area contributed by atoms with Gasteiger partial charge in [0.05, 0.1) is 12.0 Å². The highest BCUT2D eigenvalue weighted by molar-refractivity contribution is 7.80. The van der Waals surface area contributed by atoms with Gasteiger partial charge in [-0.3, -0.25) is 0 Å². The molecule has 3 nitrogen and oxygen atoms in total. The highest BCUT2D eigenvalue weighted by atomic mass is 32.1. The van der Waals surface area contributed by atoms with E-state index >= 15 is 0 Å². The molecular weight excluding hydrogens is 292 g/mol. The Bertz CT molecular complexity index is 406. The van der Waals surface area contributed by atoms with Crippen molar-refractivity contribution in [3.63, 3.8) is 0 Å². The zero-order chi connectivity index (χ0) is 16.5. The number of rotatable bonds is 10. The Labute approximate surface area is 142 Å². The minimum atomic E-state index is -0.0198. The Kier molecular flexibility index (Phi) is 9.10. The normalized spacial score (nSPS) is 13.3. The van der Waals surface area contributed by atoms with Crippen LogP contribution in [0.1, 0.15) is 31.9 Å². The number of thiol groups is 1. The molecule has 0 N–H and O–H groups in total. The Morgan fingerprint density at radius 3 is 2.05 bits per heavy atom. The van der Waals surface area contributed by atoms with E-state index < -0.39 is 0 Å². The lowest BCUT2D eigenvalue weighted by atomic mass is 10.1. The molecule has 1 aromatic rings. The lowest BCUT2D eigenvalue weighted by Gasteiger charge is -2.23. The third kappa shape index (κ3) is 8.79. The molecule has 1 atom stereocenters. The predicted octanol–water partition coefficient (Wildman–Crippen LogP) is 3.50. The zero-order valence-corrected chi connectivity index (χ0v) is 15.6. The molecule has 0 aliphatic rings. The van der Waals surface area contributed by atoms with Gasteiger partial charge in [-0.1, -0.05) is 38.1 Å². The van der Waals surface area contributed by atoms with E-state index in [0.717, 1.165) is 32.1 Å². The van der Waals surface area contributed by atoms with Crippen molar-refractivity contribution in [1.29, 1.82) is 0 Å². The summed E-state index contributed by atoms with van der Waals surface area (Å²) in [6, 6.07) is 8.67. The van der Waals surface area contributed by atoms with Gasteiger partial charge in [-0.15, -0.1) is 12.6 Å². The topological polar surface area (TPSA) is 15.7 Å². The van der Waals surface area contributed by atoms with Gasteiger partial charge < -0.3 is 14.5 Å². The molecule has 0 fully saturated rings. The Hall–Kier alpha value is -0.550. The molecule has 0 radical (unpaired) electrons. The molecule has 22 heavy (non-hydrogen) atoms. The highest BCUT2D eigenvalue weighted by Gasteiger charge is 2.05. The van der Waals surface area contributed by atoms with Gasteiger partial charge in [-0.05, 0) is 38.1 Å². The van der Waals surface area contributed by atoms with Crippen molar-refractivity contribution in [2.24, 2.45) is 5.92 Å². The molecule has 0 bridgehead atoms. The molecule has 0 saturated carbocycles. The SMILES string of the molecule is CC(C)CN(C)CCN(C)Cc1ccc(COC(C)S)cc1. The van der Waals surface area contributed by atoms with E-state index in [1.54, 1.807) is 0 Å². The van der Waals surface area contributed by atoms with Crippen LogP contribution in [-0.2, 0) is 17.9 Å². The van der Waals surface area contributed by atoms with E-state index in [-0.39, 0.29) is 5.44 Å². The first-order chi connectivity index (χ1) is 10.4. The maximum absolute atomic E-state index is 5.49. The number of nitrogens with zero attached hydrogens (tertiary/aromatic N) is 2. The third-order valence-corrected chi connectivity index (χ3v) is 3.66. The summed E-state index contributed by atoms with van der Waals surface area (Å²) in [5.74, 6) is 0.727. The first-order valence-corrected chi connectivity index (χ1v) is 8.63. The van der Waals surface area contributed by atoms with Gasteiger partial charge in [0.25, 0.3) is 0 Å². The van der Waals surface area contributed by atoms with Crippen molar-refractivity contribution in [1.82, 2.24) is 9.80 Å². The molecule has 0 spiro atoms. The molecule has 0 aliphatic carbocycles. The fourth-order valence-corrected chi connectivity index (χ4v) is 2.48. The summed E-state index contributed by atoms with van der Waals surface area (Å²) in [6.45, 7) is 11.4. The Morgan fingerprint density at radius 1 is 0.955 bits per heavy atom. The fourth-order valence-electron chi connectivity index (χ4n) is 2.40. The molecule has 1 aromatic carbocycles. The number of hydrogen-bond donors (Lipinski definition) is 1. The second-order valence-electron chi connectivity index (χ2n) is 6.62. The molecular formula is C18H32N2OS. The second kappa shape index (κ2) is 10.3. The van der Waals surface area contributed by atoms with Crippen LogP contribution in [0.25, 0.3) is 0 Å². The number of hydrogen-bond acceptors (Lipinski definition) is 4. The van der Waals surface area contributed by atoms with Gasteiger partial charge in [0.1, 0.15) is 0 Å². The van der Waals surface area contributed by atoms with Crippen molar-refractivity contribution in [3.8, 4) is 0 Å². The van der Waals surface area contributed by atoms with Gasteiger partial charge in [0.15, 0.2) is 0 Å². The summed E-state index contributed by atoms with van der Waals surface area (Å²) in [5, 5.41) is 0. The second-order valence-corrected chi connectivity index (χ2v) is 7.35. The molecule has 0 amide bonds. The van der Waals surface area contributed by atoms with Crippen molar-refractivity contribution in [2.75, 3.05) is 33.7 Å². The van der Waals surface area contributed by atoms with E-state index in [1.165, 1.54) is 11.1 Å². The van der Waals surface area contributed by atoms with Crippen LogP contribution in [0.5, 0.6) is 0 Å². The van der Waals surface area contributed by atoms with Gasteiger partial charge >= 0.3 is 0 Å². The standard InChI is InChI=1S/C18H32N2OS/c1-15(2)12-19(4)10-11-20(5)13-17-6-8-18(9-7-17)14-21-16(3)22/h6-9,15-16,22H,10-14H2,1-5H3. The first kappa shape index (κ1) is 19.5. The van der Waals surface area contributed by atoms with Crippen LogP contribution in [0, 0.1) is 5.92 Å². The number of ether oxygens (including phenoxy) is 1. The summed E-state index contributed by atoms with van der Waals surface area (Å²) in [5.41, 5.74) is 2.52. The van der Waals surface area contributed by atoms with Gasteiger partial charge in [0.2, 0.25) is 0 Å². The van der Waals surface area contributed by atoms with Crippen LogP contribution in [0.15, 0.2) is 24.3 Å². The third-order valence-electron chi connectivity index (χ3n) is 3.51. The fraction of sp³-hybridized carbons (Fsp3) is 0.667. The van der Waals surface area contributed by atoms with Gasteiger partial charge in [-0.25, -0.2) is 0 Å². The van der Waals surface area contributed by atoms with E-state index in [4.69, 9.17) is 4.74 Å². The monoisotopic (exact) mass is 324 g/mol. The average molecular weight is 325 g/mol. The van der Waals surface area contributed by atoms with Crippen molar-refractivity contribution < 1.29 is 4.74 Å². The lowest BCUT2D eigenvalue weighted by molar-refractivity contribution is 0.112. The van der Waals surface area contributed by atoms with Crippen molar-refractivity contribution >= 4 is 12.6 Å². The largest absolute Gasteiger partial charge is 0.363 e. The zero-order valence-electron chi connectivity index (χ0n) is 14.7. The van der Waals surface area contributed by atoms with Crippen molar-refractivity contribution in [3.05, 3.63) is 35.4 Å². The molecule has 1 rings (SSSR count). The predicted molar refractivity (Wildman–Crippen MR) is 98.3 cm³/mol. The molecule has 0 aliphatic heterocycles. The van der Waals surface area contributed by atoms with Crippen LogP contribution in [0.2, 0.25) is 0 Å². The number of likely N-dealkylation sites (N-methyl/N-ethyl adjacent to an activating group) is 2. The van der Waals surface area contributed by atoms with Crippen LogP contribution in [-0.4, -0.2) is 49.0 Å². The molecule has 126 valence electrons. The average Bonchev–Trinajstić information content (AvgIpc) is 2.43. The molecule has 0 saturated heterocycles. The van der Waals surface area contributed by atoms with E-state index in [2.05, 4.69) is 74.6 Å². The van der Waals surface area contributed by atoms with Crippen LogP contribution < -0.4 is 0 Å². The maximum Gasteiger partial charge on any atom is 0.0975 e. The van der Waals surface area contributed by atoms with Crippen LogP contribution in [0.3, 0.4) is 0 Å². The first-order valence-electron chi connectivity index (χ1n) is 8.11. The lowest BCUT2D eigenvalue weighted by Crippen LogP contribution is -2.32. The van der Waals surface area contributed by atoms with E-state index in [0.29, 0.717) is 6.61 Å². The minimum absolute atomic E-state index is 0.0198. The van der Waals surface area contributed by atoms with Gasteiger partial charge in [0, 0.05) is 26.2 Å². The van der Waals surface area contributed by atoms with Crippen LogP contribution in [0.4, 0.5) is 0 Å². The molecule has 0 aromatic heterocycles. The highest BCUT2D eigenvalue weighted by Crippen LogP contribution is 2.09. The number of benzene rings is 1. The molecule has 1 unspecified atom stereocenters. The Morgan fingerprint density at radius 2 is 1.50 bits per heavy atom. The summed E-state index contributed by atoms with van der Waals surface area (Å²) >= 11 is 4.22. The quantitative estimate of drug-likeness (QED) is 0.524. The molecule has 4 heteroatoms. The summed E-state index contributed by atoms with van der Waals surface area (Å²) < 4.78 is 5.49. The van der Waals surface area contributed by atoms with E-state index in [9.17, 15) is 0 Å². The van der Waals surface area contributed by atoms with Crippen molar-refractivity contribution in [2.45, 2.75) is 39.4 Å². The summed E-state index contributed by atoms with van der Waals surface area (Å²) in [6.07, 6.45) is 0. The molecule has 0 heterocycles. The van der Waals surface area contributed by atoms with E-state index in [1.807, 2.05) is 6.92 Å².